The van der Waals surface area contributed by atoms with E-state index in [2.05, 4.69) is 44.6 Å². The van der Waals surface area contributed by atoms with Gasteiger partial charge in [-0.15, -0.1) is 0 Å². The van der Waals surface area contributed by atoms with E-state index >= 15 is 0 Å². The Morgan fingerprint density at radius 1 is 0.476 bits per heavy atom. The third kappa shape index (κ3) is 15.2. The van der Waals surface area contributed by atoms with Crippen molar-refractivity contribution in [2.24, 2.45) is 10.8 Å². The van der Waals surface area contributed by atoms with Crippen molar-refractivity contribution in [3.8, 4) is 0 Å². The van der Waals surface area contributed by atoms with Gasteiger partial charge in [-0.3, -0.25) is 9.97 Å². The molecular formula is C36H69N3O3. The van der Waals surface area contributed by atoms with Crippen LogP contribution in [0.2, 0.25) is 0 Å². The van der Waals surface area contributed by atoms with Crippen LogP contribution in [-0.4, -0.2) is 14.5 Å². The van der Waals surface area contributed by atoms with E-state index in [1.54, 1.807) is 0 Å². The highest BCUT2D eigenvalue weighted by atomic mass is 16.2. The lowest BCUT2D eigenvalue weighted by Crippen LogP contribution is -2.43. The van der Waals surface area contributed by atoms with Crippen LogP contribution in [0.5, 0.6) is 0 Å². The summed E-state index contributed by atoms with van der Waals surface area (Å²) in [6, 6.07) is 0. The van der Waals surface area contributed by atoms with E-state index < -0.39 is 17.1 Å². The molecule has 0 saturated carbocycles. The molecule has 1 atom stereocenters. The van der Waals surface area contributed by atoms with Crippen molar-refractivity contribution in [2.75, 3.05) is 0 Å². The first kappa shape index (κ1) is 38.4. The fourth-order valence-electron chi connectivity index (χ4n) is 7.06. The fourth-order valence-corrected chi connectivity index (χ4v) is 7.06. The molecule has 1 aromatic rings. The molecule has 1 heterocycles. The number of aromatic nitrogens is 3. The highest BCUT2D eigenvalue weighted by Gasteiger charge is 2.42. The molecule has 0 aliphatic rings. The highest BCUT2D eigenvalue weighted by molar-refractivity contribution is 4.93. The van der Waals surface area contributed by atoms with Crippen molar-refractivity contribution in [1.29, 1.82) is 0 Å². The molecule has 2 N–H and O–H groups in total. The van der Waals surface area contributed by atoms with Gasteiger partial charge in [-0.25, -0.2) is 19.0 Å². The third-order valence-electron chi connectivity index (χ3n) is 10.1. The van der Waals surface area contributed by atoms with E-state index in [4.69, 9.17) is 0 Å². The Labute approximate surface area is 258 Å². The van der Waals surface area contributed by atoms with E-state index in [0.717, 1.165) is 23.8 Å². The molecule has 6 heteroatoms. The smallest absolute Gasteiger partial charge is 0.259 e. The second-order valence-electron chi connectivity index (χ2n) is 13.9. The van der Waals surface area contributed by atoms with Crippen LogP contribution in [0.3, 0.4) is 0 Å². The van der Waals surface area contributed by atoms with Crippen LogP contribution in [0.4, 0.5) is 0 Å². The molecule has 0 fully saturated rings. The van der Waals surface area contributed by atoms with Crippen molar-refractivity contribution in [1.82, 2.24) is 14.5 Å². The summed E-state index contributed by atoms with van der Waals surface area (Å²) in [5, 5.41) is 0. The molecule has 0 saturated heterocycles. The first-order chi connectivity index (χ1) is 20.2. The summed E-state index contributed by atoms with van der Waals surface area (Å²) < 4.78 is 1.11. The third-order valence-corrected chi connectivity index (χ3v) is 10.1. The molecule has 1 aromatic heterocycles. The normalized spacial score (nSPS) is 13.5. The number of unbranched alkanes of at least 4 members (excludes halogenated alkanes) is 17. The summed E-state index contributed by atoms with van der Waals surface area (Å²) >= 11 is 0. The standard InChI is InChI=1S/C36H69N3O3/c1-6-9-12-14-16-19-24-29-36(28-23-18-15-13-10-7-2,35(4,5)27-22-11-8-3)30-25-20-17-21-26-31-39-33(41)37-32(40)38-34(39)42/h6-31H2,1-5H3,(H2,37,38,40,41,42). The summed E-state index contributed by atoms with van der Waals surface area (Å²) in [6.45, 7) is 12.5. The molecule has 0 spiro atoms. The number of aromatic amines is 2. The van der Waals surface area contributed by atoms with Crippen LogP contribution in [0.25, 0.3) is 0 Å². The summed E-state index contributed by atoms with van der Waals surface area (Å²) in [7, 11) is 0. The summed E-state index contributed by atoms with van der Waals surface area (Å²) in [6.07, 6.45) is 32.6. The Morgan fingerprint density at radius 3 is 1.24 bits per heavy atom. The van der Waals surface area contributed by atoms with Crippen molar-refractivity contribution in [3.05, 3.63) is 31.5 Å². The SMILES string of the molecule is CCCCCCCCCC(CCCCCCCC)(CCCCCCCn1c(=O)[nH]c(=O)[nH]c1=O)C(C)(C)CCCCC. The average Bonchev–Trinajstić information content (AvgIpc) is 2.94. The van der Waals surface area contributed by atoms with Crippen LogP contribution in [0.1, 0.15) is 195 Å². The van der Waals surface area contributed by atoms with E-state index in [0.29, 0.717) is 17.4 Å². The maximum Gasteiger partial charge on any atom is 0.333 e. The van der Waals surface area contributed by atoms with Gasteiger partial charge in [-0.2, -0.15) is 0 Å². The number of nitrogens with zero attached hydrogens (tertiary/aromatic N) is 1. The molecule has 0 aromatic carbocycles. The molecule has 0 aliphatic heterocycles. The molecule has 6 nitrogen and oxygen atoms in total. The molecule has 0 radical (unpaired) electrons. The Kier molecular flexibility index (Phi) is 20.9. The van der Waals surface area contributed by atoms with Gasteiger partial charge in [-0.05, 0) is 42.9 Å². The Bertz CT molecular complexity index is 926. The maximum absolute atomic E-state index is 11.9. The molecule has 1 rings (SSSR count). The molecular weight excluding hydrogens is 522 g/mol. The first-order valence-electron chi connectivity index (χ1n) is 18.2. The Hall–Kier alpha value is -1.59. The van der Waals surface area contributed by atoms with Crippen molar-refractivity contribution < 1.29 is 0 Å². The van der Waals surface area contributed by atoms with Crippen molar-refractivity contribution in [2.45, 2.75) is 202 Å². The quantitative estimate of drug-likeness (QED) is 0.0950. The molecule has 246 valence electrons. The van der Waals surface area contributed by atoms with E-state index in [9.17, 15) is 14.4 Å². The van der Waals surface area contributed by atoms with Crippen LogP contribution in [-0.2, 0) is 6.54 Å². The van der Waals surface area contributed by atoms with Crippen LogP contribution in [0, 0.1) is 10.8 Å². The lowest BCUT2D eigenvalue weighted by molar-refractivity contribution is 0.0180. The predicted octanol–water partition coefficient (Wildman–Crippen LogP) is 10.0. The van der Waals surface area contributed by atoms with Crippen molar-refractivity contribution >= 4 is 0 Å². The van der Waals surface area contributed by atoms with Gasteiger partial charge in [0.25, 0.3) is 0 Å². The second kappa shape index (κ2) is 22.9. The molecule has 0 bridgehead atoms. The Balaban J connectivity index is 2.79. The van der Waals surface area contributed by atoms with E-state index in [1.807, 2.05) is 0 Å². The number of hydrogen-bond donors (Lipinski definition) is 2. The second-order valence-corrected chi connectivity index (χ2v) is 13.9. The lowest BCUT2D eigenvalue weighted by Gasteiger charge is -2.49. The van der Waals surface area contributed by atoms with Crippen LogP contribution < -0.4 is 17.1 Å². The summed E-state index contributed by atoms with van der Waals surface area (Å²) in [5.41, 5.74) is -1.18. The maximum atomic E-state index is 11.9. The van der Waals surface area contributed by atoms with Gasteiger partial charge in [0.05, 0.1) is 0 Å². The van der Waals surface area contributed by atoms with Gasteiger partial charge in [-0.1, -0.05) is 163 Å². The summed E-state index contributed by atoms with van der Waals surface area (Å²) in [4.78, 5) is 39.5. The summed E-state index contributed by atoms with van der Waals surface area (Å²) in [5.74, 6) is 0. The fraction of sp³-hybridized carbons (Fsp3) is 0.917. The lowest BCUT2D eigenvalue weighted by atomic mass is 9.56. The van der Waals surface area contributed by atoms with Gasteiger partial charge >= 0.3 is 17.1 Å². The number of H-pyrrole nitrogens is 2. The zero-order valence-corrected chi connectivity index (χ0v) is 28.6. The highest BCUT2D eigenvalue weighted by Crippen LogP contribution is 2.53. The first-order valence-corrected chi connectivity index (χ1v) is 18.2. The van der Waals surface area contributed by atoms with Gasteiger partial charge in [0.2, 0.25) is 0 Å². The minimum Gasteiger partial charge on any atom is -0.259 e. The predicted molar refractivity (Wildman–Crippen MR) is 181 cm³/mol. The molecule has 0 aliphatic carbocycles. The average molecular weight is 592 g/mol. The van der Waals surface area contributed by atoms with Gasteiger partial charge < -0.3 is 0 Å². The number of nitrogens with one attached hydrogen (secondary N) is 2. The van der Waals surface area contributed by atoms with E-state index in [1.165, 1.54) is 141 Å². The van der Waals surface area contributed by atoms with E-state index in [-0.39, 0.29) is 0 Å². The minimum absolute atomic E-state index is 0.357. The number of rotatable bonds is 28. The topological polar surface area (TPSA) is 87.7 Å². The minimum atomic E-state index is -0.736. The monoisotopic (exact) mass is 592 g/mol. The van der Waals surface area contributed by atoms with Gasteiger partial charge in [0.1, 0.15) is 0 Å². The molecule has 0 amide bonds. The zero-order valence-electron chi connectivity index (χ0n) is 28.6. The molecule has 1 unspecified atom stereocenters. The van der Waals surface area contributed by atoms with Crippen LogP contribution in [0.15, 0.2) is 14.4 Å². The number of hydrogen-bond acceptors (Lipinski definition) is 3. The Morgan fingerprint density at radius 2 is 0.810 bits per heavy atom. The zero-order chi connectivity index (χ0) is 31.1. The van der Waals surface area contributed by atoms with Crippen LogP contribution >= 0.6 is 0 Å². The molecule has 42 heavy (non-hydrogen) atoms. The van der Waals surface area contributed by atoms with Gasteiger partial charge in [0.15, 0.2) is 0 Å². The largest absolute Gasteiger partial charge is 0.333 e. The van der Waals surface area contributed by atoms with Gasteiger partial charge in [0, 0.05) is 6.54 Å². The van der Waals surface area contributed by atoms with Crippen molar-refractivity contribution in [3.63, 3.8) is 0 Å².